The van der Waals surface area contributed by atoms with Crippen molar-refractivity contribution in [2.75, 3.05) is 31.1 Å². The third-order valence-corrected chi connectivity index (χ3v) is 5.42. The minimum atomic E-state index is -0.310. The summed E-state index contributed by atoms with van der Waals surface area (Å²) in [6.07, 6.45) is 10.2. The SMILES string of the molecule is NC(=O)C1CCCN(C(=O)/C=C/c2ccc(N3CCCCCC3)cc2)C1. The summed E-state index contributed by atoms with van der Waals surface area (Å²) >= 11 is 0. The average Bonchev–Trinajstić information content (AvgIpc) is 2.96. The molecule has 2 N–H and O–H groups in total. The Morgan fingerprint density at radius 1 is 0.962 bits per heavy atom. The first-order valence-electron chi connectivity index (χ1n) is 9.75. The lowest BCUT2D eigenvalue weighted by Crippen LogP contribution is -2.43. The van der Waals surface area contributed by atoms with Crippen LogP contribution in [0.2, 0.25) is 0 Å². The summed E-state index contributed by atoms with van der Waals surface area (Å²) in [7, 11) is 0. The van der Waals surface area contributed by atoms with Crippen LogP contribution in [0.1, 0.15) is 44.1 Å². The molecule has 2 aliphatic heterocycles. The van der Waals surface area contributed by atoms with Gasteiger partial charge in [0.1, 0.15) is 0 Å². The molecule has 140 valence electrons. The highest BCUT2D eigenvalue weighted by Crippen LogP contribution is 2.21. The van der Waals surface area contributed by atoms with Gasteiger partial charge in [-0.25, -0.2) is 0 Å². The van der Waals surface area contributed by atoms with Gasteiger partial charge in [0.25, 0.3) is 0 Å². The molecular formula is C21H29N3O2. The Balaban J connectivity index is 1.57. The zero-order chi connectivity index (χ0) is 18.4. The molecule has 2 saturated heterocycles. The molecule has 0 bridgehead atoms. The highest BCUT2D eigenvalue weighted by molar-refractivity contribution is 5.92. The first kappa shape index (κ1) is 18.5. The zero-order valence-corrected chi connectivity index (χ0v) is 15.4. The van der Waals surface area contributed by atoms with Crippen molar-refractivity contribution in [2.45, 2.75) is 38.5 Å². The summed E-state index contributed by atoms with van der Waals surface area (Å²) in [5.74, 6) is -0.572. The fraction of sp³-hybridized carbons (Fsp3) is 0.524. The first-order valence-corrected chi connectivity index (χ1v) is 9.75. The number of anilines is 1. The number of primary amides is 1. The third-order valence-electron chi connectivity index (χ3n) is 5.42. The van der Waals surface area contributed by atoms with Crippen LogP contribution in [0.15, 0.2) is 30.3 Å². The molecular weight excluding hydrogens is 326 g/mol. The van der Waals surface area contributed by atoms with Gasteiger partial charge >= 0.3 is 0 Å². The van der Waals surface area contributed by atoms with Crippen molar-refractivity contribution in [1.82, 2.24) is 4.90 Å². The van der Waals surface area contributed by atoms with Gasteiger partial charge in [-0.2, -0.15) is 0 Å². The number of amides is 2. The fourth-order valence-electron chi connectivity index (χ4n) is 3.81. The molecule has 26 heavy (non-hydrogen) atoms. The summed E-state index contributed by atoms with van der Waals surface area (Å²) in [5, 5.41) is 0. The number of nitrogens with zero attached hydrogens (tertiary/aromatic N) is 2. The van der Waals surface area contributed by atoms with Crippen molar-refractivity contribution in [1.29, 1.82) is 0 Å². The molecule has 1 atom stereocenters. The molecule has 2 amide bonds. The Morgan fingerprint density at radius 3 is 2.31 bits per heavy atom. The number of carbonyl (C=O) groups is 2. The Bertz CT molecular complexity index is 646. The van der Waals surface area contributed by atoms with Crippen molar-refractivity contribution in [2.24, 2.45) is 11.7 Å². The molecule has 0 aliphatic carbocycles. The summed E-state index contributed by atoms with van der Waals surface area (Å²) < 4.78 is 0. The molecule has 2 fully saturated rings. The van der Waals surface area contributed by atoms with E-state index in [1.807, 2.05) is 6.08 Å². The third kappa shape index (κ3) is 4.87. The number of hydrogen-bond donors (Lipinski definition) is 1. The fourth-order valence-corrected chi connectivity index (χ4v) is 3.81. The maximum Gasteiger partial charge on any atom is 0.246 e. The van der Waals surface area contributed by atoms with Crippen LogP contribution in [0.4, 0.5) is 5.69 Å². The Labute approximate surface area is 155 Å². The molecule has 1 unspecified atom stereocenters. The van der Waals surface area contributed by atoms with E-state index < -0.39 is 0 Å². The van der Waals surface area contributed by atoms with Gasteiger partial charge in [0.2, 0.25) is 11.8 Å². The molecule has 0 aromatic heterocycles. The van der Waals surface area contributed by atoms with Crippen LogP contribution in [-0.4, -0.2) is 42.9 Å². The van der Waals surface area contributed by atoms with Gasteiger partial charge in [-0.15, -0.1) is 0 Å². The van der Waals surface area contributed by atoms with Crippen molar-refractivity contribution in [3.8, 4) is 0 Å². The summed E-state index contributed by atoms with van der Waals surface area (Å²) in [6.45, 7) is 3.39. The molecule has 5 nitrogen and oxygen atoms in total. The zero-order valence-electron chi connectivity index (χ0n) is 15.4. The number of carbonyl (C=O) groups excluding carboxylic acids is 2. The lowest BCUT2D eigenvalue weighted by atomic mass is 9.97. The lowest BCUT2D eigenvalue weighted by Gasteiger charge is -2.30. The first-order chi connectivity index (χ1) is 12.6. The van der Waals surface area contributed by atoms with Crippen LogP contribution >= 0.6 is 0 Å². The second-order valence-corrected chi connectivity index (χ2v) is 7.35. The smallest absolute Gasteiger partial charge is 0.246 e. The standard InChI is InChI=1S/C21H29N3O2/c22-21(26)18-6-5-15-24(16-18)20(25)12-9-17-7-10-19(11-8-17)23-13-3-1-2-4-14-23/h7-12,18H,1-6,13-16H2,(H2,22,26)/b12-9+. The molecule has 0 radical (unpaired) electrons. The number of hydrogen-bond acceptors (Lipinski definition) is 3. The molecule has 5 heteroatoms. The molecule has 3 rings (SSSR count). The number of rotatable bonds is 4. The Hall–Kier alpha value is -2.30. The average molecular weight is 355 g/mol. The summed E-state index contributed by atoms with van der Waals surface area (Å²) in [4.78, 5) is 27.9. The van der Waals surface area contributed by atoms with Crippen LogP contribution in [-0.2, 0) is 9.59 Å². The van der Waals surface area contributed by atoms with Crippen LogP contribution < -0.4 is 10.6 Å². The molecule has 2 aliphatic rings. The quantitative estimate of drug-likeness (QED) is 0.845. The monoisotopic (exact) mass is 355 g/mol. The maximum atomic E-state index is 12.4. The van der Waals surface area contributed by atoms with Crippen molar-refractivity contribution < 1.29 is 9.59 Å². The predicted molar refractivity (Wildman–Crippen MR) is 105 cm³/mol. The van der Waals surface area contributed by atoms with Gasteiger partial charge in [-0.3, -0.25) is 9.59 Å². The van der Waals surface area contributed by atoms with E-state index in [9.17, 15) is 9.59 Å². The van der Waals surface area contributed by atoms with E-state index in [0.717, 1.165) is 31.5 Å². The van der Waals surface area contributed by atoms with Crippen molar-refractivity contribution >= 4 is 23.6 Å². The van der Waals surface area contributed by atoms with Gasteiger partial charge in [0.15, 0.2) is 0 Å². The second kappa shape index (κ2) is 8.88. The largest absolute Gasteiger partial charge is 0.372 e. The highest BCUT2D eigenvalue weighted by atomic mass is 16.2. The Kier molecular flexibility index (Phi) is 6.31. The van der Waals surface area contributed by atoms with Crippen LogP contribution in [0, 0.1) is 5.92 Å². The minimum absolute atomic E-state index is 0.0486. The van der Waals surface area contributed by atoms with E-state index in [2.05, 4.69) is 29.2 Å². The van der Waals surface area contributed by atoms with E-state index in [4.69, 9.17) is 5.73 Å². The van der Waals surface area contributed by atoms with E-state index in [-0.39, 0.29) is 17.7 Å². The number of likely N-dealkylation sites (tertiary alicyclic amines) is 1. The lowest BCUT2D eigenvalue weighted by molar-refractivity contribution is -0.130. The summed E-state index contributed by atoms with van der Waals surface area (Å²) in [6, 6.07) is 8.40. The van der Waals surface area contributed by atoms with Gasteiger partial charge < -0.3 is 15.5 Å². The number of piperidine rings is 1. The molecule has 2 heterocycles. The van der Waals surface area contributed by atoms with Gasteiger partial charge in [-0.1, -0.05) is 25.0 Å². The van der Waals surface area contributed by atoms with E-state index in [1.54, 1.807) is 11.0 Å². The van der Waals surface area contributed by atoms with E-state index in [0.29, 0.717) is 13.1 Å². The topological polar surface area (TPSA) is 66.6 Å². The minimum Gasteiger partial charge on any atom is -0.372 e. The normalized spacial score (nSPS) is 21.6. The molecule has 1 aromatic rings. The van der Waals surface area contributed by atoms with Crippen molar-refractivity contribution in [3.63, 3.8) is 0 Å². The Morgan fingerprint density at radius 2 is 1.65 bits per heavy atom. The van der Waals surface area contributed by atoms with Crippen molar-refractivity contribution in [3.05, 3.63) is 35.9 Å². The molecule has 1 aromatic carbocycles. The molecule has 0 saturated carbocycles. The van der Waals surface area contributed by atoms with Gasteiger partial charge in [0, 0.05) is 37.9 Å². The predicted octanol–water partition coefficient (Wildman–Crippen LogP) is 2.80. The van der Waals surface area contributed by atoms with E-state index in [1.165, 1.54) is 31.4 Å². The van der Waals surface area contributed by atoms with Crippen LogP contribution in [0.3, 0.4) is 0 Å². The highest BCUT2D eigenvalue weighted by Gasteiger charge is 2.25. The summed E-state index contributed by atoms with van der Waals surface area (Å²) in [5.41, 5.74) is 7.66. The number of nitrogens with two attached hydrogens (primary N) is 1. The van der Waals surface area contributed by atoms with E-state index >= 15 is 0 Å². The maximum absolute atomic E-state index is 12.4. The van der Waals surface area contributed by atoms with Gasteiger partial charge in [-0.05, 0) is 49.5 Å². The van der Waals surface area contributed by atoms with Gasteiger partial charge in [0.05, 0.1) is 5.92 Å². The van der Waals surface area contributed by atoms with Crippen LogP contribution in [0.25, 0.3) is 6.08 Å². The number of benzene rings is 1. The van der Waals surface area contributed by atoms with Crippen LogP contribution in [0.5, 0.6) is 0 Å². The second-order valence-electron chi connectivity index (χ2n) is 7.35. The molecule has 0 spiro atoms.